The molecule has 0 saturated heterocycles. The van der Waals surface area contributed by atoms with Crippen molar-refractivity contribution in [1.82, 2.24) is 10.2 Å². The number of unbranched alkanes of at least 4 members (excludes halogenated alkanes) is 1. The smallest absolute Gasteiger partial charge is 0.188 e. The van der Waals surface area contributed by atoms with Gasteiger partial charge in [-0.3, -0.25) is 4.99 Å². The van der Waals surface area contributed by atoms with Crippen molar-refractivity contribution >= 4 is 5.96 Å². The number of rotatable bonds is 7. The summed E-state index contributed by atoms with van der Waals surface area (Å²) in [7, 11) is 2.09. The van der Waals surface area contributed by atoms with Crippen LogP contribution in [0.2, 0.25) is 0 Å². The second-order valence-corrected chi connectivity index (χ2v) is 3.44. The Hall–Kier alpha value is -0.770. The molecule has 0 heterocycles. The summed E-state index contributed by atoms with van der Waals surface area (Å²) in [5.74, 6) is 0.572. The van der Waals surface area contributed by atoms with E-state index in [1.165, 1.54) is 0 Å². The van der Waals surface area contributed by atoms with Gasteiger partial charge in [-0.2, -0.15) is 0 Å². The van der Waals surface area contributed by atoms with Crippen LogP contribution < -0.4 is 11.1 Å². The molecule has 3 N–H and O–H groups in total. The second kappa shape index (κ2) is 8.81. The van der Waals surface area contributed by atoms with Gasteiger partial charge in [0, 0.05) is 19.6 Å². The molecule has 0 atom stereocenters. The van der Waals surface area contributed by atoms with E-state index >= 15 is 0 Å². The first-order valence-corrected chi connectivity index (χ1v) is 5.43. The summed E-state index contributed by atoms with van der Waals surface area (Å²) in [6.45, 7) is 8.05. The summed E-state index contributed by atoms with van der Waals surface area (Å²) in [5.41, 5.74) is 5.66. The Bertz CT molecular complexity index is 156. The van der Waals surface area contributed by atoms with E-state index in [1.807, 2.05) is 0 Å². The molecule has 4 heteroatoms. The predicted octanol–water partition coefficient (Wildman–Crippen LogP) is 0.643. The van der Waals surface area contributed by atoms with Gasteiger partial charge in [0.2, 0.25) is 0 Å². The quantitative estimate of drug-likeness (QED) is 0.360. The summed E-state index contributed by atoms with van der Waals surface area (Å²) < 4.78 is 0. The van der Waals surface area contributed by atoms with E-state index in [0.29, 0.717) is 5.96 Å². The first kappa shape index (κ1) is 13.2. The van der Waals surface area contributed by atoms with Crippen LogP contribution in [0.5, 0.6) is 0 Å². The van der Waals surface area contributed by atoms with Crippen LogP contribution in [0.25, 0.3) is 0 Å². The van der Waals surface area contributed by atoms with Gasteiger partial charge in [-0.25, -0.2) is 0 Å². The third kappa shape index (κ3) is 7.86. The zero-order valence-corrected chi connectivity index (χ0v) is 9.71. The standard InChI is InChI=1S/C10H24N4/c1-4-6-7-12-10(11)13-8-9-14(3)5-2/h4-9H2,1-3H3,(H3,11,12,13). The van der Waals surface area contributed by atoms with Crippen molar-refractivity contribution in [1.29, 1.82) is 0 Å². The lowest BCUT2D eigenvalue weighted by Crippen LogP contribution is -2.37. The van der Waals surface area contributed by atoms with E-state index < -0.39 is 0 Å². The summed E-state index contributed by atoms with van der Waals surface area (Å²) in [6.07, 6.45) is 2.27. The molecule has 14 heavy (non-hydrogen) atoms. The van der Waals surface area contributed by atoms with E-state index in [9.17, 15) is 0 Å². The molecule has 0 aliphatic carbocycles. The molecule has 0 aliphatic heterocycles. The van der Waals surface area contributed by atoms with Crippen molar-refractivity contribution < 1.29 is 0 Å². The largest absolute Gasteiger partial charge is 0.370 e. The van der Waals surface area contributed by atoms with E-state index in [-0.39, 0.29) is 0 Å². The van der Waals surface area contributed by atoms with Crippen LogP contribution in [-0.4, -0.2) is 44.1 Å². The van der Waals surface area contributed by atoms with Crippen molar-refractivity contribution in [3.63, 3.8) is 0 Å². The van der Waals surface area contributed by atoms with Crippen LogP contribution in [0.1, 0.15) is 26.7 Å². The van der Waals surface area contributed by atoms with Gasteiger partial charge >= 0.3 is 0 Å². The van der Waals surface area contributed by atoms with Crippen molar-refractivity contribution in [3.05, 3.63) is 0 Å². The fraction of sp³-hybridized carbons (Fsp3) is 0.900. The van der Waals surface area contributed by atoms with Crippen LogP contribution in [0.15, 0.2) is 4.99 Å². The highest BCUT2D eigenvalue weighted by Crippen LogP contribution is 1.85. The average Bonchev–Trinajstić information content (AvgIpc) is 2.18. The Morgan fingerprint density at radius 1 is 1.43 bits per heavy atom. The molecule has 0 aromatic heterocycles. The van der Waals surface area contributed by atoms with E-state index in [0.717, 1.165) is 39.0 Å². The van der Waals surface area contributed by atoms with Crippen molar-refractivity contribution in [2.45, 2.75) is 26.7 Å². The number of nitrogens with two attached hydrogens (primary N) is 1. The molecule has 84 valence electrons. The minimum Gasteiger partial charge on any atom is -0.370 e. The lowest BCUT2D eigenvalue weighted by molar-refractivity contribution is 0.357. The predicted molar refractivity (Wildman–Crippen MR) is 62.6 cm³/mol. The number of nitrogens with zero attached hydrogens (tertiary/aromatic N) is 2. The van der Waals surface area contributed by atoms with E-state index in [2.05, 4.69) is 36.1 Å². The average molecular weight is 200 g/mol. The Balaban J connectivity index is 3.42. The monoisotopic (exact) mass is 200 g/mol. The van der Waals surface area contributed by atoms with Crippen LogP contribution in [0.4, 0.5) is 0 Å². The van der Waals surface area contributed by atoms with Crippen LogP contribution in [0.3, 0.4) is 0 Å². The molecular weight excluding hydrogens is 176 g/mol. The van der Waals surface area contributed by atoms with E-state index in [1.54, 1.807) is 0 Å². The maximum Gasteiger partial charge on any atom is 0.188 e. The lowest BCUT2D eigenvalue weighted by atomic mass is 10.3. The van der Waals surface area contributed by atoms with Gasteiger partial charge in [-0.1, -0.05) is 20.3 Å². The number of hydrogen-bond acceptors (Lipinski definition) is 2. The molecule has 0 aromatic rings. The van der Waals surface area contributed by atoms with E-state index in [4.69, 9.17) is 5.73 Å². The molecule has 0 rings (SSSR count). The molecular formula is C10H24N4. The molecule has 0 amide bonds. The van der Waals surface area contributed by atoms with Gasteiger partial charge in [0.05, 0.1) is 0 Å². The SMILES string of the molecule is CCCCN=C(N)NCCN(C)CC. The summed E-state index contributed by atoms with van der Waals surface area (Å²) in [5, 5.41) is 3.09. The fourth-order valence-electron chi connectivity index (χ4n) is 0.946. The number of guanidine groups is 1. The Kier molecular flexibility index (Phi) is 8.33. The molecule has 0 fully saturated rings. The van der Waals surface area contributed by atoms with Gasteiger partial charge < -0.3 is 16.0 Å². The third-order valence-electron chi connectivity index (χ3n) is 2.13. The van der Waals surface area contributed by atoms with Gasteiger partial charge in [0.1, 0.15) is 0 Å². The number of aliphatic imine (C=N–C) groups is 1. The zero-order chi connectivity index (χ0) is 10.8. The highest BCUT2D eigenvalue weighted by molar-refractivity contribution is 5.77. The molecule has 4 nitrogen and oxygen atoms in total. The molecule has 0 aromatic carbocycles. The van der Waals surface area contributed by atoms with Gasteiger partial charge in [0.15, 0.2) is 5.96 Å². The highest BCUT2D eigenvalue weighted by atomic mass is 15.1. The normalized spacial score (nSPS) is 12.1. The van der Waals surface area contributed by atoms with Gasteiger partial charge in [-0.05, 0) is 20.0 Å². The summed E-state index contributed by atoms with van der Waals surface area (Å²) in [4.78, 5) is 6.43. The minimum absolute atomic E-state index is 0.572. The second-order valence-electron chi connectivity index (χ2n) is 3.44. The van der Waals surface area contributed by atoms with Crippen molar-refractivity contribution in [3.8, 4) is 0 Å². The Labute approximate surface area is 87.6 Å². The van der Waals surface area contributed by atoms with Crippen molar-refractivity contribution in [2.75, 3.05) is 33.2 Å². The number of hydrogen-bond donors (Lipinski definition) is 2. The van der Waals surface area contributed by atoms with Gasteiger partial charge in [0.25, 0.3) is 0 Å². The molecule has 0 radical (unpaired) electrons. The van der Waals surface area contributed by atoms with Crippen LogP contribution >= 0.6 is 0 Å². The maximum atomic E-state index is 5.66. The molecule has 0 unspecified atom stereocenters. The van der Waals surface area contributed by atoms with Gasteiger partial charge in [-0.15, -0.1) is 0 Å². The third-order valence-corrected chi connectivity index (χ3v) is 2.13. The number of nitrogens with one attached hydrogen (secondary N) is 1. The maximum absolute atomic E-state index is 5.66. The summed E-state index contributed by atoms with van der Waals surface area (Å²) >= 11 is 0. The molecule has 0 bridgehead atoms. The Morgan fingerprint density at radius 2 is 2.14 bits per heavy atom. The molecule has 0 spiro atoms. The fourth-order valence-corrected chi connectivity index (χ4v) is 0.946. The first-order chi connectivity index (χ1) is 6.70. The molecule has 0 aliphatic rings. The highest BCUT2D eigenvalue weighted by Gasteiger charge is 1.94. The number of likely N-dealkylation sites (N-methyl/N-ethyl adjacent to an activating group) is 1. The topological polar surface area (TPSA) is 53.6 Å². The minimum atomic E-state index is 0.572. The first-order valence-electron chi connectivity index (χ1n) is 5.43. The zero-order valence-electron chi connectivity index (χ0n) is 9.71. The van der Waals surface area contributed by atoms with Crippen LogP contribution in [-0.2, 0) is 0 Å². The molecule has 0 saturated carbocycles. The summed E-state index contributed by atoms with van der Waals surface area (Å²) in [6, 6.07) is 0. The Morgan fingerprint density at radius 3 is 2.71 bits per heavy atom. The van der Waals surface area contributed by atoms with Crippen LogP contribution in [0, 0.1) is 0 Å². The van der Waals surface area contributed by atoms with Crippen molar-refractivity contribution in [2.24, 2.45) is 10.7 Å². The lowest BCUT2D eigenvalue weighted by Gasteiger charge is -2.14.